The normalized spacial score (nSPS) is 20.4. The molecule has 3 unspecified atom stereocenters. The zero-order chi connectivity index (χ0) is 13.0. The summed E-state index contributed by atoms with van der Waals surface area (Å²) in [6.45, 7) is 6.42. The molecule has 1 aliphatic rings. The molecule has 0 radical (unpaired) electrons. The number of hydrogen-bond donors (Lipinski definition) is 2. The number of nitrogens with two attached hydrogens (primary N) is 1. The molecular formula is C16H26N2. The third-order valence-electron chi connectivity index (χ3n) is 4.31. The van der Waals surface area contributed by atoms with Crippen LogP contribution in [-0.4, -0.2) is 19.1 Å². The lowest BCUT2D eigenvalue weighted by Gasteiger charge is -2.26. The van der Waals surface area contributed by atoms with Gasteiger partial charge >= 0.3 is 0 Å². The number of rotatable bonds is 7. The average Bonchev–Trinajstić information content (AvgIpc) is 3.24. The average molecular weight is 246 g/mol. The number of benzene rings is 1. The van der Waals surface area contributed by atoms with Gasteiger partial charge in [0.05, 0.1) is 0 Å². The molecule has 2 heteroatoms. The Morgan fingerprint density at radius 2 is 1.89 bits per heavy atom. The fourth-order valence-electron chi connectivity index (χ4n) is 2.62. The number of hydrogen-bond acceptors (Lipinski definition) is 2. The van der Waals surface area contributed by atoms with Gasteiger partial charge in [0.25, 0.3) is 0 Å². The predicted molar refractivity (Wildman–Crippen MR) is 77.6 cm³/mol. The van der Waals surface area contributed by atoms with Crippen molar-refractivity contribution in [2.75, 3.05) is 13.1 Å². The Labute approximate surface area is 111 Å². The lowest BCUT2D eigenvalue weighted by Crippen LogP contribution is -2.42. The second-order valence-electron chi connectivity index (χ2n) is 5.76. The second kappa shape index (κ2) is 6.35. The number of nitrogens with one attached hydrogen (secondary N) is 1. The van der Waals surface area contributed by atoms with Crippen molar-refractivity contribution >= 4 is 0 Å². The summed E-state index contributed by atoms with van der Waals surface area (Å²) in [6, 6.07) is 11.0. The second-order valence-corrected chi connectivity index (χ2v) is 5.76. The standard InChI is InChI=1S/C16H26N2/c1-12(14-8-9-14)11-18-16(10-17)13(2)15-6-4-3-5-7-15/h3-7,12-14,16,18H,8-11,17H2,1-2H3. The molecule has 1 fully saturated rings. The third kappa shape index (κ3) is 3.56. The maximum atomic E-state index is 5.93. The molecule has 1 saturated carbocycles. The van der Waals surface area contributed by atoms with Gasteiger partial charge in [0.2, 0.25) is 0 Å². The molecule has 0 heterocycles. The Morgan fingerprint density at radius 3 is 2.44 bits per heavy atom. The van der Waals surface area contributed by atoms with Gasteiger partial charge in [0.15, 0.2) is 0 Å². The van der Waals surface area contributed by atoms with E-state index in [2.05, 4.69) is 49.5 Å². The fraction of sp³-hybridized carbons (Fsp3) is 0.625. The van der Waals surface area contributed by atoms with Crippen LogP contribution < -0.4 is 11.1 Å². The largest absolute Gasteiger partial charge is 0.329 e. The molecule has 2 nitrogen and oxygen atoms in total. The van der Waals surface area contributed by atoms with Crippen molar-refractivity contribution in [3.63, 3.8) is 0 Å². The SMILES string of the molecule is CC(CNC(CN)C(C)c1ccccc1)C1CC1. The Balaban J connectivity index is 1.87. The molecule has 2 rings (SSSR count). The van der Waals surface area contributed by atoms with E-state index in [1.54, 1.807) is 0 Å². The molecule has 0 saturated heterocycles. The molecule has 100 valence electrons. The molecule has 0 aromatic heterocycles. The van der Waals surface area contributed by atoms with E-state index in [0.29, 0.717) is 18.5 Å². The minimum absolute atomic E-state index is 0.383. The third-order valence-corrected chi connectivity index (χ3v) is 4.31. The van der Waals surface area contributed by atoms with E-state index in [1.165, 1.54) is 18.4 Å². The topological polar surface area (TPSA) is 38.0 Å². The van der Waals surface area contributed by atoms with Gasteiger partial charge < -0.3 is 11.1 Å². The van der Waals surface area contributed by atoms with E-state index in [0.717, 1.165) is 18.4 Å². The van der Waals surface area contributed by atoms with Gasteiger partial charge in [-0.1, -0.05) is 44.2 Å². The van der Waals surface area contributed by atoms with E-state index in [4.69, 9.17) is 5.73 Å². The van der Waals surface area contributed by atoms with Crippen LogP contribution in [0.5, 0.6) is 0 Å². The summed E-state index contributed by atoms with van der Waals surface area (Å²) >= 11 is 0. The first-order valence-electron chi connectivity index (χ1n) is 7.20. The maximum Gasteiger partial charge on any atom is 0.0256 e. The van der Waals surface area contributed by atoms with Crippen LogP contribution in [0.15, 0.2) is 30.3 Å². The minimum atomic E-state index is 0.383. The van der Waals surface area contributed by atoms with E-state index >= 15 is 0 Å². The highest BCUT2D eigenvalue weighted by Crippen LogP contribution is 2.36. The predicted octanol–water partition coefficient (Wildman–Crippen LogP) is 2.75. The van der Waals surface area contributed by atoms with Crippen LogP contribution in [0.1, 0.15) is 38.2 Å². The van der Waals surface area contributed by atoms with Crippen LogP contribution in [0, 0.1) is 11.8 Å². The molecule has 0 bridgehead atoms. The van der Waals surface area contributed by atoms with E-state index < -0.39 is 0 Å². The van der Waals surface area contributed by atoms with Crippen molar-refractivity contribution < 1.29 is 0 Å². The highest BCUT2D eigenvalue weighted by atomic mass is 14.9. The highest BCUT2D eigenvalue weighted by molar-refractivity contribution is 5.20. The highest BCUT2D eigenvalue weighted by Gasteiger charge is 2.28. The van der Waals surface area contributed by atoms with Crippen LogP contribution in [0.3, 0.4) is 0 Å². The van der Waals surface area contributed by atoms with Crippen molar-refractivity contribution in [1.29, 1.82) is 0 Å². The molecule has 1 aliphatic carbocycles. The summed E-state index contributed by atoms with van der Waals surface area (Å²) in [5.74, 6) is 2.23. The van der Waals surface area contributed by atoms with E-state index in [1.807, 2.05) is 0 Å². The van der Waals surface area contributed by atoms with Gasteiger partial charge in [0, 0.05) is 12.6 Å². The summed E-state index contributed by atoms with van der Waals surface area (Å²) in [7, 11) is 0. The van der Waals surface area contributed by atoms with Gasteiger partial charge in [-0.3, -0.25) is 0 Å². The first kappa shape index (κ1) is 13.6. The van der Waals surface area contributed by atoms with Crippen molar-refractivity contribution in [2.24, 2.45) is 17.6 Å². The quantitative estimate of drug-likeness (QED) is 0.776. The van der Waals surface area contributed by atoms with Crippen LogP contribution in [0.25, 0.3) is 0 Å². The van der Waals surface area contributed by atoms with Crippen LogP contribution in [0.4, 0.5) is 0 Å². The zero-order valence-corrected chi connectivity index (χ0v) is 11.6. The van der Waals surface area contributed by atoms with Gasteiger partial charge in [0.1, 0.15) is 0 Å². The lowest BCUT2D eigenvalue weighted by atomic mass is 9.92. The first-order valence-corrected chi connectivity index (χ1v) is 7.20. The fourth-order valence-corrected chi connectivity index (χ4v) is 2.62. The Bertz CT molecular complexity index is 345. The molecular weight excluding hydrogens is 220 g/mol. The molecule has 1 aromatic rings. The van der Waals surface area contributed by atoms with Crippen molar-refractivity contribution in [3.05, 3.63) is 35.9 Å². The smallest absolute Gasteiger partial charge is 0.0256 e. The molecule has 18 heavy (non-hydrogen) atoms. The van der Waals surface area contributed by atoms with E-state index in [-0.39, 0.29) is 0 Å². The molecule has 3 atom stereocenters. The minimum Gasteiger partial charge on any atom is -0.329 e. The molecule has 0 aliphatic heterocycles. The van der Waals surface area contributed by atoms with Gasteiger partial charge in [-0.05, 0) is 42.7 Å². The Hall–Kier alpha value is -0.860. The molecule has 1 aromatic carbocycles. The summed E-state index contributed by atoms with van der Waals surface area (Å²) in [6.07, 6.45) is 2.84. The first-order chi connectivity index (χ1) is 8.72. The maximum absolute atomic E-state index is 5.93. The van der Waals surface area contributed by atoms with Gasteiger partial charge in [-0.2, -0.15) is 0 Å². The Morgan fingerprint density at radius 1 is 1.22 bits per heavy atom. The van der Waals surface area contributed by atoms with Crippen LogP contribution in [-0.2, 0) is 0 Å². The lowest BCUT2D eigenvalue weighted by molar-refractivity contribution is 0.389. The summed E-state index contributed by atoms with van der Waals surface area (Å²) in [5.41, 5.74) is 7.30. The van der Waals surface area contributed by atoms with Crippen LogP contribution in [0.2, 0.25) is 0 Å². The summed E-state index contributed by atoms with van der Waals surface area (Å²) in [5, 5.41) is 3.66. The van der Waals surface area contributed by atoms with Crippen molar-refractivity contribution in [1.82, 2.24) is 5.32 Å². The van der Waals surface area contributed by atoms with Gasteiger partial charge in [-0.25, -0.2) is 0 Å². The molecule has 3 N–H and O–H groups in total. The summed E-state index contributed by atoms with van der Waals surface area (Å²) in [4.78, 5) is 0. The zero-order valence-electron chi connectivity index (χ0n) is 11.6. The van der Waals surface area contributed by atoms with Crippen molar-refractivity contribution in [3.8, 4) is 0 Å². The van der Waals surface area contributed by atoms with Crippen LogP contribution >= 0.6 is 0 Å². The Kier molecular flexibility index (Phi) is 4.79. The van der Waals surface area contributed by atoms with Crippen molar-refractivity contribution in [2.45, 2.75) is 38.6 Å². The molecule has 0 amide bonds. The summed E-state index contributed by atoms with van der Waals surface area (Å²) < 4.78 is 0. The van der Waals surface area contributed by atoms with Gasteiger partial charge in [-0.15, -0.1) is 0 Å². The molecule has 0 spiro atoms. The van der Waals surface area contributed by atoms with E-state index in [9.17, 15) is 0 Å². The monoisotopic (exact) mass is 246 g/mol.